The van der Waals surface area contributed by atoms with Gasteiger partial charge < -0.3 is 10.2 Å². The molecule has 0 saturated carbocycles. The van der Waals surface area contributed by atoms with Crippen LogP contribution >= 0.6 is 31.9 Å². The minimum atomic E-state index is -0.562. The van der Waals surface area contributed by atoms with Crippen LogP contribution in [0.2, 0.25) is 0 Å². The first-order chi connectivity index (χ1) is 13.9. The van der Waals surface area contributed by atoms with Gasteiger partial charge in [0.25, 0.3) is 5.91 Å². The first kappa shape index (κ1) is 19.8. The average Bonchev–Trinajstić information content (AvgIpc) is 2.84. The number of hydrogen-bond acceptors (Lipinski definition) is 2. The van der Waals surface area contributed by atoms with Crippen LogP contribution in [0.25, 0.3) is 0 Å². The third-order valence-corrected chi connectivity index (χ3v) is 5.71. The van der Waals surface area contributed by atoms with E-state index in [-0.39, 0.29) is 24.2 Å². The molecule has 1 aliphatic heterocycles. The van der Waals surface area contributed by atoms with Crippen LogP contribution in [-0.4, -0.2) is 23.3 Å². The van der Waals surface area contributed by atoms with Crippen molar-refractivity contribution < 1.29 is 14.0 Å². The molecule has 0 aromatic heterocycles. The second-order valence-electron chi connectivity index (χ2n) is 6.68. The van der Waals surface area contributed by atoms with Crippen LogP contribution in [0.15, 0.2) is 75.7 Å². The average molecular weight is 518 g/mol. The van der Waals surface area contributed by atoms with Gasteiger partial charge in [-0.15, -0.1) is 0 Å². The number of hydrogen-bond donors (Lipinski definition) is 1. The number of carbonyl (C=O) groups excluding carboxylic acids is 2. The van der Waals surface area contributed by atoms with E-state index in [1.54, 1.807) is 36.4 Å². The molecule has 4 nitrogen and oxygen atoms in total. The monoisotopic (exact) mass is 516 g/mol. The molecule has 1 heterocycles. The summed E-state index contributed by atoms with van der Waals surface area (Å²) in [5, 5.41) is 2.87. The molecule has 7 heteroatoms. The third kappa shape index (κ3) is 4.11. The summed E-state index contributed by atoms with van der Waals surface area (Å²) < 4.78 is 15.1. The van der Waals surface area contributed by atoms with Gasteiger partial charge in [-0.05, 0) is 54.1 Å². The number of fused-ring (bicyclic) bond motifs is 1. The van der Waals surface area contributed by atoms with Crippen molar-refractivity contribution in [1.82, 2.24) is 4.90 Å². The predicted octanol–water partition coefficient (Wildman–Crippen LogP) is 5.53. The standard InChI is InChI=1S/C22H15Br2FN2O2/c23-15-3-1-2-14(10-15)22(29)27-12-20(28)26-19-9-6-16(24)11-18(19)21(27)13-4-7-17(25)8-5-13/h1-11,21H,12H2,(H,26,28). The van der Waals surface area contributed by atoms with Crippen molar-refractivity contribution >= 4 is 49.4 Å². The van der Waals surface area contributed by atoms with Gasteiger partial charge in [-0.25, -0.2) is 4.39 Å². The molecule has 3 aromatic rings. The van der Waals surface area contributed by atoms with E-state index >= 15 is 0 Å². The fourth-order valence-electron chi connectivity index (χ4n) is 3.46. The summed E-state index contributed by atoms with van der Waals surface area (Å²) in [6.45, 7) is -0.125. The maximum atomic E-state index is 13.6. The van der Waals surface area contributed by atoms with Crippen LogP contribution in [-0.2, 0) is 4.79 Å². The van der Waals surface area contributed by atoms with Crippen LogP contribution in [0, 0.1) is 5.82 Å². The molecule has 0 saturated heterocycles. The Labute approximate surface area is 184 Å². The van der Waals surface area contributed by atoms with E-state index < -0.39 is 6.04 Å². The molecule has 1 N–H and O–H groups in total. The Kier molecular flexibility index (Phi) is 5.52. The van der Waals surface area contributed by atoms with Crippen molar-refractivity contribution in [1.29, 1.82) is 0 Å². The molecular formula is C22H15Br2FN2O2. The van der Waals surface area contributed by atoms with Crippen molar-refractivity contribution in [3.05, 3.63) is 98.2 Å². The molecule has 1 unspecified atom stereocenters. The summed E-state index contributed by atoms with van der Waals surface area (Å²) in [7, 11) is 0. The van der Waals surface area contributed by atoms with Crippen molar-refractivity contribution in [2.45, 2.75) is 6.04 Å². The summed E-state index contributed by atoms with van der Waals surface area (Å²) in [4.78, 5) is 27.5. The number of amides is 2. The van der Waals surface area contributed by atoms with Crippen molar-refractivity contribution in [2.24, 2.45) is 0 Å². The molecular weight excluding hydrogens is 503 g/mol. The van der Waals surface area contributed by atoms with Gasteiger partial charge in [-0.2, -0.15) is 0 Å². The zero-order valence-electron chi connectivity index (χ0n) is 15.0. The van der Waals surface area contributed by atoms with Crippen LogP contribution in [0.5, 0.6) is 0 Å². The molecule has 29 heavy (non-hydrogen) atoms. The predicted molar refractivity (Wildman–Crippen MR) is 116 cm³/mol. The maximum absolute atomic E-state index is 13.6. The summed E-state index contributed by atoms with van der Waals surface area (Å²) in [5.74, 6) is -0.943. The van der Waals surface area contributed by atoms with Gasteiger partial charge in [0.1, 0.15) is 12.4 Å². The Bertz CT molecular complexity index is 1100. The van der Waals surface area contributed by atoms with E-state index in [1.807, 2.05) is 18.2 Å². The number of benzene rings is 3. The molecule has 0 spiro atoms. The number of rotatable bonds is 2. The Morgan fingerprint density at radius 3 is 2.45 bits per heavy atom. The zero-order chi connectivity index (χ0) is 20.5. The minimum Gasteiger partial charge on any atom is -0.324 e. The normalized spacial score (nSPS) is 16.0. The van der Waals surface area contributed by atoms with E-state index in [9.17, 15) is 14.0 Å². The Balaban J connectivity index is 1.90. The second-order valence-corrected chi connectivity index (χ2v) is 8.51. The van der Waals surface area contributed by atoms with E-state index in [4.69, 9.17) is 0 Å². The second kappa shape index (κ2) is 8.08. The van der Waals surface area contributed by atoms with Gasteiger partial charge >= 0.3 is 0 Å². The molecule has 3 aromatic carbocycles. The van der Waals surface area contributed by atoms with E-state index in [0.717, 1.165) is 14.5 Å². The van der Waals surface area contributed by atoms with Crippen LogP contribution in [0.1, 0.15) is 27.5 Å². The number of anilines is 1. The van der Waals surface area contributed by atoms with E-state index in [2.05, 4.69) is 37.2 Å². The molecule has 2 amide bonds. The van der Waals surface area contributed by atoms with E-state index in [1.165, 1.54) is 17.0 Å². The van der Waals surface area contributed by atoms with Gasteiger partial charge in [0.2, 0.25) is 5.91 Å². The number of carbonyl (C=O) groups is 2. The highest BCUT2D eigenvalue weighted by Gasteiger charge is 2.34. The summed E-state index contributed by atoms with van der Waals surface area (Å²) >= 11 is 6.86. The number of nitrogens with one attached hydrogen (secondary N) is 1. The quantitative estimate of drug-likeness (QED) is 0.485. The fourth-order valence-corrected chi connectivity index (χ4v) is 4.24. The lowest BCUT2D eigenvalue weighted by Crippen LogP contribution is -2.39. The van der Waals surface area contributed by atoms with Crippen molar-refractivity contribution in [3.63, 3.8) is 0 Å². The zero-order valence-corrected chi connectivity index (χ0v) is 18.2. The lowest BCUT2D eigenvalue weighted by molar-refractivity contribution is -0.117. The SMILES string of the molecule is O=C1CN(C(=O)c2cccc(Br)c2)C(c2ccc(F)cc2)c2cc(Br)ccc2N1. The van der Waals surface area contributed by atoms with Crippen LogP contribution < -0.4 is 5.32 Å². The molecule has 0 aliphatic carbocycles. The fraction of sp³-hybridized carbons (Fsp3) is 0.0909. The third-order valence-electron chi connectivity index (χ3n) is 4.73. The highest BCUT2D eigenvalue weighted by atomic mass is 79.9. The maximum Gasteiger partial charge on any atom is 0.255 e. The van der Waals surface area contributed by atoms with Gasteiger partial charge in [0, 0.05) is 25.8 Å². The van der Waals surface area contributed by atoms with Crippen molar-refractivity contribution in [3.8, 4) is 0 Å². The largest absolute Gasteiger partial charge is 0.324 e. The first-order valence-corrected chi connectivity index (χ1v) is 10.4. The van der Waals surface area contributed by atoms with Gasteiger partial charge in [0.05, 0.1) is 6.04 Å². The highest BCUT2D eigenvalue weighted by molar-refractivity contribution is 9.10. The van der Waals surface area contributed by atoms with Gasteiger partial charge in [0.15, 0.2) is 0 Å². The lowest BCUT2D eigenvalue weighted by Gasteiger charge is -2.31. The molecule has 0 radical (unpaired) electrons. The van der Waals surface area contributed by atoms with E-state index in [0.29, 0.717) is 16.8 Å². The van der Waals surface area contributed by atoms with Crippen molar-refractivity contribution in [2.75, 3.05) is 11.9 Å². The van der Waals surface area contributed by atoms with Gasteiger partial charge in [-0.3, -0.25) is 9.59 Å². The smallest absolute Gasteiger partial charge is 0.255 e. The topological polar surface area (TPSA) is 49.4 Å². The molecule has 1 atom stereocenters. The van der Waals surface area contributed by atoms with Gasteiger partial charge in [-0.1, -0.05) is 50.1 Å². The Morgan fingerprint density at radius 1 is 1.00 bits per heavy atom. The Morgan fingerprint density at radius 2 is 1.72 bits per heavy atom. The first-order valence-electron chi connectivity index (χ1n) is 8.83. The van der Waals surface area contributed by atoms with Crippen LogP contribution in [0.3, 0.4) is 0 Å². The number of halogens is 3. The Hall–Kier alpha value is -2.51. The number of nitrogens with zero attached hydrogens (tertiary/aromatic N) is 1. The molecule has 4 rings (SSSR count). The minimum absolute atomic E-state index is 0.125. The molecule has 0 bridgehead atoms. The molecule has 1 aliphatic rings. The molecule has 0 fully saturated rings. The summed E-state index contributed by atoms with van der Waals surface area (Å²) in [6.07, 6.45) is 0. The summed E-state index contributed by atoms with van der Waals surface area (Å²) in [6, 6.07) is 17.9. The molecule has 146 valence electrons. The summed E-state index contributed by atoms with van der Waals surface area (Å²) in [5.41, 5.74) is 2.54. The highest BCUT2D eigenvalue weighted by Crippen LogP contribution is 2.38. The van der Waals surface area contributed by atoms with Crippen LogP contribution in [0.4, 0.5) is 10.1 Å². The lowest BCUT2D eigenvalue weighted by atomic mass is 9.95.